The molecule has 0 amide bonds. The summed E-state index contributed by atoms with van der Waals surface area (Å²) >= 11 is 0. The molecule has 0 aromatic heterocycles. The van der Waals surface area contributed by atoms with E-state index < -0.39 is 0 Å². The summed E-state index contributed by atoms with van der Waals surface area (Å²) in [7, 11) is 0. The Morgan fingerprint density at radius 3 is 2.24 bits per heavy atom. The zero-order valence-electron chi connectivity index (χ0n) is 10.2. The second-order valence-corrected chi connectivity index (χ2v) is 4.23. The van der Waals surface area contributed by atoms with Gasteiger partial charge >= 0.3 is 0 Å². The number of nitrogens with two attached hydrogens (primary N) is 1. The number of para-hydroxylation sites is 1. The first-order valence-corrected chi connectivity index (χ1v) is 5.76. The van der Waals surface area contributed by atoms with Crippen LogP contribution in [0.1, 0.15) is 24.1 Å². The average Bonchev–Trinajstić information content (AvgIpc) is 2.33. The molecule has 0 heterocycles. The predicted molar refractivity (Wildman–Crippen MR) is 70.3 cm³/mol. The van der Waals surface area contributed by atoms with E-state index in [0.717, 1.165) is 22.6 Å². The van der Waals surface area contributed by atoms with Gasteiger partial charge in [0.15, 0.2) is 0 Å². The molecule has 2 N–H and O–H groups in total. The second kappa shape index (κ2) is 5.02. The molecule has 2 aromatic rings. The molecule has 0 saturated heterocycles. The maximum atomic E-state index is 5.80. The largest absolute Gasteiger partial charge is 0.457 e. The molecule has 2 nitrogen and oxygen atoms in total. The van der Waals surface area contributed by atoms with E-state index in [4.69, 9.17) is 10.5 Å². The van der Waals surface area contributed by atoms with E-state index in [-0.39, 0.29) is 6.04 Å². The Morgan fingerprint density at radius 2 is 1.65 bits per heavy atom. The van der Waals surface area contributed by atoms with Crippen LogP contribution in [0.3, 0.4) is 0 Å². The first-order chi connectivity index (χ1) is 8.16. The van der Waals surface area contributed by atoms with E-state index in [1.807, 2.05) is 62.4 Å². The van der Waals surface area contributed by atoms with Crippen molar-refractivity contribution >= 4 is 0 Å². The highest BCUT2D eigenvalue weighted by Gasteiger charge is 2.02. The van der Waals surface area contributed by atoms with E-state index in [9.17, 15) is 0 Å². The molecule has 0 saturated carbocycles. The number of ether oxygens (including phenoxy) is 1. The molecule has 2 aromatic carbocycles. The van der Waals surface area contributed by atoms with Crippen molar-refractivity contribution in [2.75, 3.05) is 0 Å². The first kappa shape index (κ1) is 11.7. The molecular formula is C15H17NO. The lowest BCUT2D eigenvalue weighted by Crippen LogP contribution is -2.04. The van der Waals surface area contributed by atoms with Gasteiger partial charge in [0.2, 0.25) is 0 Å². The fourth-order valence-corrected chi connectivity index (χ4v) is 1.64. The SMILES string of the molecule is Cc1ccccc1Oc1ccc(C(C)N)cc1. The summed E-state index contributed by atoms with van der Waals surface area (Å²) < 4.78 is 5.80. The molecule has 0 aliphatic carbocycles. The molecule has 88 valence electrons. The molecule has 1 atom stereocenters. The van der Waals surface area contributed by atoms with Gasteiger partial charge in [-0.05, 0) is 43.2 Å². The van der Waals surface area contributed by atoms with Crippen LogP contribution in [0.4, 0.5) is 0 Å². The van der Waals surface area contributed by atoms with Crippen molar-refractivity contribution < 1.29 is 4.74 Å². The number of hydrogen-bond acceptors (Lipinski definition) is 2. The minimum absolute atomic E-state index is 0.0579. The zero-order chi connectivity index (χ0) is 12.3. The molecular weight excluding hydrogens is 210 g/mol. The minimum Gasteiger partial charge on any atom is -0.457 e. The zero-order valence-corrected chi connectivity index (χ0v) is 10.2. The van der Waals surface area contributed by atoms with Crippen molar-refractivity contribution in [3.8, 4) is 11.5 Å². The van der Waals surface area contributed by atoms with Gasteiger partial charge in [0.05, 0.1) is 0 Å². The fourth-order valence-electron chi connectivity index (χ4n) is 1.64. The lowest BCUT2D eigenvalue weighted by Gasteiger charge is -2.10. The molecule has 0 fully saturated rings. The third-order valence-corrected chi connectivity index (χ3v) is 2.73. The monoisotopic (exact) mass is 227 g/mol. The van der Waals surface area contributed by atoms with Gasteiger partial charge in [-0.3, -0.25) is 0 Å². The van der Waals surface area contributed by atoms with Crippen LogP contribution in [0.2, 0.25) is 0 Å². The Balaban J connectivity index is 2.17. The normalized spacial score (nSPS) is 12.2. The molecule has 0 aliphatic rings. The standard InChI is InChI=1S/C15H17NO/c1-11-5-3-4-6-15(11)17-14-9-7-13(8-10-14)12(2)16/h3-10,12H,16H2,1-2H3. The topological polar surface area (TPSA) is 35.2 Å². The van der Waals surface area contributed by atoms with Crippen LogP contribution in [0, 0.1) is 6.92 Å². The summed E-state index contributed by atoms with van der Waals surface area (Å²) in [6.07, 6.45) is 0. The highest BCUT2D eigenvalue weighted by Crippen LogP contribution is 2.25. The van der Waals surface area contributed by atoms with Crippen molar-refractivity contribution in [2.45, 2.75) is 19.9 Å². The highest BCUT2D eigenvalue weighted by atomic mass is 16.5. The molecule has 0 bridgehead atoms. The van der Waals surface area contributed by atoms with Gasteiger partial charge in [-0.25, -0.2) is 0 Å². The van der Waals surface area contributed by atoms with Gasteiger partial charge in [-0.15, -0.1) is 0 Å². The van der Waals surface area contributed by atoms with Gasteiger partial charge in [0.25, 0.3) is 0 Å². The third-order valence-electron chi connectivity index (χ3n) is 2.73. The van der Waals surface area contributed by atoms with E-state index >= 15 is 0 Å². The predicted octanol–water partition coefficient (Wildman–Crippen LogP) is 3.81. The van der Waals surface area contributed by atoms with Crippen LogP contribution in [-0.4, -0.2) is 0 Å². The number of hydrogen-bond donors (Lipinski definition) is 1. The maximum Gasteiger partial charge on any atom is 0.130 e. The Bertz CT molecular complexity index is 489. The van der Waals surface area contributed by atoms with Crippen molar-refractivity contribution in [3.63, 3.8) is 0 Å². The van der Waals surface area contributed by atoms with Crippen molar-refractivity contribution in [1.82, 2.24) is 0 Å². The summed E-state index contributed by atoms with van der Waals surface area (Å²) in [4.78, 5) is 0. The van der Waals surface area contributed by atoms with Crippen LogP contribution >= 0.6 is 0 Å². The third kappa shape index (κ3) is 2.86. The van der Waals surface area contributed by atoms with Crippen LogP contribution in [0.25, 0.3) is 0 Å². The van der Waals surface area contributed by atoms with E-state index in [1.165, 1.54) is 0 Å². The van der Waals surface area contributed by atoms with Crippen molar-refractivity contribution in [2.24, 2.45) is 5.73 Å². The molecule has 2 heteroatoms. The van der Waals surface area contributed by atoms with E-state index in [1.54, 1.807) is 0 Å². The Hall–Kier alpha value is -1.80. The quantitative estimate of drug-likeness (QED) is 0.865. The van der Waals surface area contributed by atoms with Crippen LogP contribution in [0.5, 0.6) is 11.5 Å². The van der Waals surface area contributed by atoms with Gasteiger partial charge in [-0.2, -0.15) is 0 Å². The average molecular weight is 227 g/mol. The fraction of sp³-hybridized carbons (Fsp3) is 0.200. The highest BCUT2D eigenvalue weighted by molar-refractivity contribution is 5.38. The van der Waals surface area contributed by atoms with Crippen molar-refractivity contribution in [1.29, 1.82) is 0 Å². The molecule has 2 rings (SSSR count). The minimum atomic E-state index is 0.0579. The van der Waals surface area contributed by atoms with Crippen LogP contribution in [-0.2, 0) is 0 Å². The summed E-state index contributed by atoms with van der Waals surface area (Å²) in [6, 6.07) is 15.9. The summed E-state index contributed by atoms with van der Waals surface area (Å²) in [6.45, 7) is 4.00. The van der Waals surface area contributed by atoms with Crippen LogP contribution < -0.4 is 10.5 Å². The molecule has 0 radical (unpaired) electrons. The summed E-state index contributed by atoms with van der Waals surface area (Å²) in [5.74, 6) is 1.73. The van der Waals surface area contributed by atoms with Gasteiger partial charge < -0.3 is 10.5 Å². The number of aryl methyl sites for hydroxylation is 1. The Labute approximate surface area is 102 Å². The number of rotatable bonds is 3. The first-order valence-electron chi connectivity index (χ1n) is 5.76. The van der Waals surface area contributed by atoms with Gasteiger partial charge in [-0.1, -0.05) is 30.3 Å². The summed E-state index contributed by atoms with van der Waals surface area (Å²) in [5, 5.41) is 0. The Kier molecular flexibility index (Phi) is 3.45. The van der Waals surface area contributed by atoms with Crippen molar-refractivity contribution in [3.05, 3.63) is 59.7 Å². The smallest absolute Gasteiger partial charge is 0.130 e. The molecule has 17 heavy (non-hydrogen) atoms. The second-order valence-electron chi connectivity index (χ2n) is 4.23. The van der Waals surface area contributed by atoms with Crippen LogP contribution in [0.15, 0.2) is 48.5 Å². The molecule has 1 unspecified atom stereocenters. The number of benzene rings is 2. The Morgan fingerprint density at radius 1 is 1.00 bits per heavy atom. The van der Waals surface area contributed by atoms with Gasteiger partial charge in [0.1, 0.15) is 11.5 Å². The molecule has 0 aliphatic heterocycles. The van der Waals surface area contributed by atoms with E-state index in [0.29, 0.717) is 0 Å². The lowest BCUT2D eigenvalue weighted by atomic mass is 10.1. The maximum absolute atomic E-state index is 5.80. The van der Waals surface area contributed by atoms with E-state index in [2.05, 4.69) is 0 Å². The van der Waals surface area contributed by atoms with Gasteiger partial charge in [0, 0.05) is 6.04 Å². The lowest BCUT2D eigenvalue weighted by molar-refractivity contribution is 0.478. The summed E-state index contributed by atoms with van der Waals surface area (Å²) in [5.41, 5.74) is 8.04. The molecule has 0 spiro atoms.